The van der Waals surface area contributed by atoms with E-state index in [-0.39, 0.29) is 16.1 Å². The van der Waals surface area contributed by atoms with E-state index in [1.165, 1.54) is 27.6 Å². The van der Waals surface area contributed by atoms with Gasteiger partial charge >= 0.3 is 5.69 Å². The van der Waals surface area contributed by atoms with Gasteiger partial charge in [-0.1, -0.05) is 0 Å². The Hall–Kier alpha value is -2.04. The van der Waals surface area contributed by atoms with Crippen molar-refractivity contribution < 1.29 is 8.42 Å². The van der Waals surface area contributed by atoms with Crippen LogP contribution in [0.4, 0.5) is 0 Å². The maximum absolute atomic E-state index is 12.6. The van der Waals surface area contributed by atoms with E-state index in [4.69, 9.17) is 0 Å². The molecule has 2 aromatic heterocycles. The number of nitrogens with one attached hydrogen (secondary N) is 1. The van der Waals surface area contributed by atoms with Crippen LogP contribution >= 0.6 is 11.5 Å². The summed E-state index contributed by atoms with van der Waals surface area (Å²) in [6.45, 7) is 1.88. The number of nitrogens with zero attached hydrogens (tertiary/aromatic N) is 4. The van der Waals surface area contributed by atoms with Gasteiger partial charge in [0, 0.05) is 24.1 Å². The van der Waals surface area contributed by atoms with Crippen molar-refractivity contribution in [2.24, 2.45) is 7.05 Å². The molecule has 0 radical (unpaired) electrons. The Kier molecular flexibility index (Phi) is 3.21. The molecule has 24 heavy (non-hydrogen) atoms. The van der Waals surface area contributed by atoms with Gasteiger partial charge in [0.15, 0.2) is 0 Å². The van der Waals surface area contributed by atoms with Crippen molar-refractivity contribution in [1.29, 1.82) is 0 Å². The maximum atomic E-state index is 12.6. The second-order valence-corrected chi connectivity index (χ2v) is 8.66. The topological polar surface area (TPSA) is 98.9 Å². The minimum absolute atomic E-state index is 0.131. The van der Waals surface area contributed by atoms with Gasteiger partial charge in [0.05, 0.1) is 15.9 Å². The minimum atomic E-state index is -3.64. The number of aryl methyl sites for hydroxylation is 1. The lowest BCUT2D eigenvalue weighted by molar-refractivity contribution is 0.558. The molecule has 3 aromatic rings. The quantitative estimate of drug-likeness (QED) is 0.744. The summed E-state index contributed by atoms with van der Waals surface area (Å²) < 4.78 is 34.7. The first-order valence-electron chi connectivity index (χ1n) is 7.33. The highest BCUT2D eigenvalue weighted by Gasteiger charge is 2.41. The lowest BCUT2D eigenvalue weighted by Crippen LogP contribution is -2.34. The van der Waals surface area contributed by atoms with E-state index in [1.54, 1.807) is 13.1 Å². The number of fused-ring (bicyclic) bond motifs is 1. The molecule has 1 saturated carbocycles. The second kappa shape index (κ2) is 4.98. The number of aromatic nitrogens is 4. The van der Waals surface area contributed by atoms with Gasteiger partial charge in [-0.2, -0.15) is 4.37 Å². The van der Waals surface area contributed by atoms with Crippen molar-refractivity contribution >= 4 is 32.6 Å². The molecule has 1 fully saturated rings. The number of benzene rings is 1. The molecule has 0 spiro atoms. The highest BCUT2D eigenvalue weighted by atomic mass is 32.2. The van der Waals surface area contributed by atoms with Crippen LogP contribution in [0.15, 0.2) is 34.2 Å². The summed E-state index contributed by atoms with van der Waals surface area (Å²) in [5.41, 5.74) is 0.469. The fourth-order valence-electron chi connectivity index (χ4n) is 2.61. The largest absolute Gasteiger partial charge is 0.335 e. The molecule has 126 valence electrons. The molecule has 0 unspecified atom stereocenters. The average molecular weight is 365 g/mol. The standard InChI is InChI=1S/C14H15N5O3S2/c1-14(5-6-14)17-24(21,22)9-3-4-10-11(7-9)19(13(20)18(10)2)12-15-8-16-23-12/h3-4,7-8,17H,5-6H2,1-2H3. The zero-order valence-corrected chi connectivity index (χ0v) is 14.7. The Morgan fingerprint density at radius 1 is 1.29 bits per heavy atom. The summed E-state index contributed by atoms with van der Waals surface area (Å²) >= 11 is 1.08. The molecule has 1 N–H and O–H groups in total. The van der Waals surface area contributed by atoms with E-state index in [9.17, 15) is 13.2 Å². The highest BCUT2D eigenvalue weighted by molar-refractivity contribution is 7.89. The minimum Gasteiger partial charge on any atom is -0.295 e. The first-order valence-corrected chi connectivity index (χ1v) is 9.59. The van der Waals surface area contributed by atoms with Crippen LogP contribution in [0.2, 0.25) is 0 Å². The van der Waals surface area contributed by atoms with Gasteiger partial charge in [-0.25, -0.2) is 27.5 Å². The van der Waals surface area contributed by atoms with Crippen molar-refractivity contribution in [3.05, 3.63) is 35.0 Å². The predicted molar refractivity (Wildman–Crippen MR) is 89.9 cm³/mol. The van der Waals surface area contributed by atoms with E-state index in [1.807, 2.05) is 6.92 Å². The first kappa shape index (κ1) is 15.5. The third kappa shape index (κ3) is 2.38. The average Bonchev–Trinajstić information content (AvgIpc) is 2.96. The van der Waals surface area contributed by atoms with E-state index >= 15 is 0 Å². The third-order valence-electron chi connectivity index (χ3n) is 4.26. The summed E-state index contributed by atoms with van der Waals surface area (Å²) in [7, 11) is -2.00. The van der Waals surface area contributed by atoms with Gasteiger partial charge in [-0.15, -0.1) is 0 Å². The molecular weight excluding hydrogens is 350 g/mol. The molecule has 0 saturated heterocycles. The van der Waals surface area contributed by atoms with E-state index in [0.717, 1.165) is 24.4 Å². The first-order chi connectivity index (χ1) is 11.3. The Morgan fingerprint density at radius 2 is 2.04 bits per heavy atom. The summed E-state index contributed by atoms with van der Waals surface area (Å²) in [5, 5.41) is 0.405. The SMILES string of the molecule is Cn1c(=O)n(-c2ncns2)c2cc(S(=O)(=O)NC3(C)CC3)ccc21. The van der Waals surface area contributed by atoms with E-state index < -0.39 is 10.0 Å². The van der Waals surface area contributed by atoms with Crippen LogP contribution in [0.1, 0.15) is 19.8 Å². The molecule has 8 nitrogen and oxygen atoms in total. The van der Waals surface area contributed by atoms with Gasteiger partial charge < -0.3 is 0 Å². The smallest absolute Gasteiger partial charge is 0.295 e. The number of sulfonamides is 1. The normalized spacial score (nSPS) is 16.6. The van der Waals surface area contributed by atoms with Gasteiger partial charge in [0.25, 0.3) is 0 Å². The number of hydrogen-bond donors (Lipinski definition) is 1. The Morgan fingerprint density at radius 3 is 2.67 bits per heavy atom. The van der Waals surface area contributed by atoms with E-state index in [2.05, 4.69) is 14.1 Å². The summed E-state index contributed by atoms with van der Waals surface area (Å²) in [5.74, 6) is 0. The second-order valence-electron chi connectivity index (χ2n) is 6.22. The Labute approximate surface area is 142 Å². The fourth-order valence-corrected chi connectivity index (χ4v) is 4.64. The molecule has 0 amide bonds. The van der Waals surface area contributed by atoms with Gasteiger partial charge in [0.1, 0.15) is 6.33 Å². The van der Waals surface area contributed by atoms with Crippen LogP contribution in [0.5, 0.6) is 0 Å². The zero-order valence-electron chi connectivity index (χ0n) is 13.1. The molecule has 2 heterocycles. The van der Waals surface area contributed by atoms with Crippen molar-refractivity contribution in [2.75, 3.05) is 0 Å². The van der Waals surface area contributed by atoms with Gasteiger partial charge in [0.2, 0.25) is 15.2 Å². The van der Waals surface area contributed by atoms with Crippen LogP contribution in [-0.2, 0) is 17.1 Å². The number of hydrogen-bond acceptors (Lipinski definition) is 6. The maximum Gasteiger partial charge on any atom is 0.335 e. The highest BCUT2D eigenvalue weighted by Crippen LogP contribution is 2.36. The van der Waals surface area contributed by atoms with Crippen molar-refractivity contribution in [3.8, 4) is 5.13 Å². The zero-order chi connectivity index (χ0) is 17.1. The molecule has 4 rings (SSSR count). The summed E-state index contributed by atoms with van der Waals surface area (Å²) in [4.78, 5) is 16.7. The van der Waals surface area contributed by atoms with Crippen LogP contribution in [0.25, 0.3) is 16.2 Å². The Balaban J connectivity index is 1.92. The summed E-state index contributed by atoms with van der Waals surface area (Å²) in [6, 6.07) is 4.66. The third-order valence-corrected chi connectivity index (χ3v) is 6.55. The molecule has 0 atom stereocenters. The van der Waals surface area contributed by atoms with Crippen molar-refractivity contribution in [1.82, 2.24) is 23.2 Å². The van der Waals surface area contributed by atoms with Crippen molar-refractivity contribution in [3.63, 3.8) is 0 Å². The number of rotatable bonds is 4. The lowest BCUT2D eigenvalue weighted by atomic mass is 10.3. The van der Waals surface area contributed by atoms with Crippen LogP contribution < -0.4 is 10.4 Å². The lowest BCUT2D eigenvalue weighted by Gasteiger charge is -2.12. The summed E-state index contributed by atoms with van der Waals surface area (Å²) in [6.07, 6.45) is 3.02. The number of imidazole rings is 1. The molecule has 0 aliphatic heterocycles. The fraction of sp³-hybridized carbons (Fsp3) is 0.357. The predicted octanol–water partition coefficient (Wildman–Crippen LogP) is 1.01. The monoisotopic (exact) mass is 365 g/mol. The molecule has 1 aliphatic rings. The molecule has 1 aromatic carbocycles. The van der Waals surface area contributed by atoms with Crippen LogP contribution in [0, 0.1) is 0 Å². The van der Waals surface area contributed by atoms with Crippen LogP contribution in [-0.4, -0.2) is 32.4 Å². The van der Waals surface area contributed by atoms with Gasteiger partial charge in [-0.3, -0.25) is 4.57 Å². The van der Waals surface area contributed by atoms with Gasteiger partial charge in [-0.05, 0) is 38.0 Å². The molecule has 1 aliphatic carbocycles. The Bertz CT molecular complexity index is 1090. The molecule has 10 heteroatoms. The van der Waals surface area contributed by atoms with Crippen molar-refractivity contribution in [2.45, 2.75) is 30.2 Å². The van der Waals surface area contributed by atoms with E-state index in [0.29, 0.717) is 16.2 Å². The van der Waals surface area contributed by atoms with Crippen LogP contribution in [0.3, 0.4) is 0 Å². The molecule has 0 bridgehead atoms. The molecular formula is C14H15N5O3S2.